The zero-order valence-electron chi connectivity index (χ0n) is 17.8. The third-order valence-electron chi connectivity index (χ3n) is 5.85. The minimum atomic E-state index is -0.0193. The van der Waals surface area contributed by atoms with E-state index in [-0.39, 0.29) is 11.8 Å². The van der Waals surface area contributed by atoms with E-state index in [2.05, 4.69) is 35.2 Å². The van der Waals surface area contributed by atoms with Crippen molar-refractivity contribution in [2.45, 2.75) is 33.1 Å². The molecule has 2 aliphatic rings. The van der Waals surface area contributed by atoms with E-state index >= 15 is 0 Å². The number of anilines is 1. The lowest BCUT2D eigenvalue weighted by molar-refractivity contribution is -0.124. The third kappa shape index (κ3) is 5.66. The number of rotatable bonds is 7. The van der Waals surface area contributed by atoms with Crippen LogP contribution in [0.5, 0.6) is 0 Å². The van der Waals surface area contributed by atoms with Gasteiger partial charge in [-0.15, -0.1) is 6.58 Å². The summed E-state index contributed by atoms with van der Waals surface area (Å²) >= 11 is 0. The van der Waals surface area contributed by atoms with E-state index in [0.29, 0.717) is 30.2 Å². The highest BCUT2D eigenvalue weighted by Gasteiger charge is 2.29. The maximum atomic E-state index is 12.9. The zero-order valence-corrected chi connectivity index (χ0v) is 17.8. The van der Waals surface area contributed by atoms with Gasteiger partial charge in [0, 0.05) is 64.3 Å². The Labute approximate surface area is 174 Å². The summed E-state index contributed by atoms with van der Waals surface area (Å²) in [7, 11) is 0. The van der Waals surface area contributed by atoms with Crippen molar-refractivity contribution in [3.63, 3.8) is 0 Å². The quantitative estimate of drug-likeness (QED) is 0.661. The second-order valence-electron chi connectivity index (χ2n) is 8.64. The van der Waals surface area contributed by atoms with Gasteiger partial charge in [-0.1, -0.05) is 19.9 Å². The van der Waals surface area contributed by atoms with Crippen LogP contribution in [-0.4, -0.2) is 72.3 Å². The maximum Gasteiger partial charge on any atom is 0.255 e. The first kappa shape index (κ1) is 21.5. The highest BCUT2D eigenvalue weighted by molar-refractivity contribution is 5.94. The molecule has 3 heterocycles. The fourth-order valence-electron chi connectivity index (χ4n) is 4.22. The number of nitrogens with zero attached hydrogens (tertiary/aromatic N) is 4. The predicted molar refractivity (Wildman–Crippen MR) is 116 cm³/mol. The lowest BCUT2D eigenvalue weighted by Gasteiger charge is -2.35. The van der Waals surface area contributed by atoms with Crippen molar-refractivity contribution >= 4 is 17.5 Å². The van der Waals surface area contributed by atoms with Crippen molar-refractivity contribution in [3.05, 3.63) is 36.5 Å². The summed E-state index contributed by atoms with van der Waals surface area (Å²) < 4.78 is 0. The van der Waals surface area contributed by atoms with Crippen LogP contribution in [-0.2, 0) is 4.79 Å². The van der Waals surface area contributed by atoms with Crippen molar-refractivity contribution in [3.8, 4) is 0 Å². The van der Waals surface area contributed by atoms with Gasteiger partial charge in [-0.3, -0.25) is 14.5 Å². The molecule has 158 valence electrons. The fourth-order valence-corrected chi connectivity index (χ4v) is 4.22. The van der Waals surface area contributed by atoms with E-state index in [0.717, 1.165) is 57.9 Å². The molecule has 0 N–H and O–H groups in total. The van der Waals surface area contributed by atoms with Gasteiger partial charge in [0.25, 0.3) is 5.91 Å². The van der Waals surface area contributed by atoms with E-state index in [1.54, 1.807) is 6.20 Å². The largest absolute Gasteiger partial charge is 0.354 e. The summed E-state index contributed by atoms with van der Waals surface area (Å²) in [6, 6.07) is 3.82. The van der Waals surface area contributed by atoms with Crippen LogP contribution in [0.3, 0.4) is 0 Å². The molecule has 2 saturated heterocycles. The van der Waals surface area contributed by atoms with Gasteiger partial charge < -0.3 is 9.80 Å². The Morgan fingerprint density at radius 3 is 2.59 bits per heavy atom. The average molecular weight is 399 g/mol. The highest BCUT2D eigenvalue weighted by Crippen LogP contribution is 2.22. The molecule has 0 aliphatic carbocycles. The van der Waals surface area contributed by atoms with Crippen LogP contribution >= 0.6 is 0 Å². The number of hydrogen-bond acceptors (Lipinski definition) is 5. The van der Waals surface area contributed by atoms with Crippen LogP contribution in [0.2, 0.25) is 0 Å². The molecule has 0 radical (unpaired) electrons. The smallest absolute Gasteiger partial charge is 0.255 e. The second kappa shape index (κ2) is 10.0. The van der Waals surface area contributed by atoms with E-state index in [1.807, 2.05) is 23.1 Å². The van der Waals surface area contributed by atoms with Crippen LogP contribution in [0.1, 0.15) is 43.5 Å². The summed E-state index contributed by atoms with van der Waals surface area (Å²) in [6.07, 6.45) is 6.01. The monoisotopic (exact) mass is 398 g/mol. The Bertz CT molecular complexity index is 708. The van der Waals surface area contributed by atoms with Crippen LogP contribution in [0.25, 0.3) is 0 Å². The van der Waals surface area contributed by atoms with E-state index < -0.39 is 0 Å². The zero-order chi connectivity index (χ0) is 20.8. The van der Waals surface area contributed by atoms with Gasteiger partial charge in [-0.05, 0) is 30.9 Å². The number of carbonyl (C=O) groups is 2. The lowest BCUT2D eigenvalue weighted by Crippen LogP contribution is -2.46. The first-order valence-electron chi connectivity index (χ1n) is 10.8. The maximum absolute atomic E-state index is 12.9. The number of amides is 1. The van der Waals surface area contributed by atoms with Crippen molar-refractivity contribution in [2.24, 2.45) is 11.8 Å². The molecule has 0 bridgehead atoms. The van der Waals surface area contributed by atoms with Crippen molar-refractivity contribution in [2.75, 3.05) is 50.7 Å². The molecule has 0 unspecified atom stereocenters. The normalized spacial score (nSPS) is 20.7. The SMILES string of the molecule is C=CCN1CCN(c2ccc(C(=O)N3CCC[C@@H](C(=O)CC(C)C)C3)cn2)CC1. The molecule has 1 aromatic rings. The van der Waals surface area contributed by atoms with Crippen LogP contribution in [0.4, 0.5) is 5.82 Å². The second-order valence-corrected chi connectivity index (χ2v) is 8.64. The van der Waals surface area contributed by atoms with Crippen LogP contribution in [0, 0.1) is 11.8 Å². The van der Waals surface area contributed by atoms with Gasteiger partial charge in [0.15, 0.2) is 0 Å². The molecular weight excluding hydrogens is 364 g/mol. The Kier molecular flexibility index (Phi) is 7.42. The number of piperidine rings is 1. The molecule has 2 aliphatic heterocycles. The topological polar surface area (TPSA) is 56.8 Å². The molecule has 1 amide bonds. The van der Waals surface area contributed by atoms with Gasteiger partial charge in [0.05, 0.1) is 5.56 Å². The summed E-state index contributed by atoms with van der Waals surface area (Å²) in [6.45, 7) is 14.0. The first-order chi connectivity index (χ1) is 14.0. The molecule has 2 fully saturated rings. The van der Waals surface area contributed by atoms with Gasteiger partial charge in [0.1, 0.15) is 11.6 Å². The van der Waals surface area contributed by atoms with Gasteiger partial charge in [-0.25, -0.2) is 4.98 Å². The number of likely N-dealkylation sites (tertiary alicyclic amines) is 1. The van der Waals surface area contributed by atoms with Crippen molar-refractivity contribution < 1.29 is 9.59 Å². The van der Waals surface area contributed by atoms with E-state index in [9.17, 15) is 9.59 Å². The van der Waals surface area contributed by atoms with Crippen molar-refractivity contribution in [1.82, 2.24) is 14.8 Å². The van der Waals surface area contributed by atoms with Gasteiger partial charge >= 0.3 is 0 Å². The molecule has 0 aromatic carbocycles. The molecule has 0 saturated carbocycles. The number of pyridine rings is 1. The number of ketones is 1. The number of hydrogen-bond donors (Lipinski definition) is 0. The predicted octanol–water partition coefficient (Wildman–Crippen LogP) is 2.86. The minimum absolute atomic E-state index is 0.0121. The Morgan fingerprint density at radius 1 is 1.21 bits per heavy atom. The molecule has 1 aromatic heterocycles. The fraction of sp³-hybridized carbons (Fsp3) is 0.609. The molecule has 3 rings (SSSR count). The summed E-state index contributed by atoms with van der Waals surface area (Å²) in [4.78, 5) is 36.4. The number of Topliss-reactive ketones (excluding diaryl/α,β-unsaturated/α-hetero) is 1. The molecule has 1 atom stereocenters. The van der Waals surface area contributed by atoms with Crippen LogP contribution in [0.15, 0.2) is 31.0 Å². The summed E-state index contributed by atoms with van der Waals surface area (Å²) in [5.74, 6) is 1.55. The van der Waals surface area contributed by atoms with E-state index in [4.69, 9.17) is 0 Å². The van der Waals surface area contributed by atoms with Crippen molar-refractivity contribution in [1.29, 1.82) is 0 Å². The van der Waals surface area contributed by atoms with Gasteiger partial charge in [0.2, 0.25) is 0 Å². The van der Waals surface area contributed by atoms with Crippen LogP contribution < -0.4 is 4.90 Å². The summed E-state index contributed by atoms with van der Waals surface area (Å²) in [5, 5.41) is 0. The molecule has 29 heavy (non-hydrogen) atoms. The molecule has 0 spiro atoms. The van der Waals surface area contributed by atoms with E-state index in [1.165, 1.54) is 0 Å². The Hall–Kier alpha value is -2.21. The first-order valence-corrected chi connectivity index (χ1v) is 10.8. The van der Waals surface area contributed by atoms with Gasteiger partial charge in [-0.2, -0.15) is 0 Å². The Morgan fingerprint density at radius 2 is 1.97 bits per heavy atom. The summed E-state index contributed by atoms with van der Waals surface area (Å²) in [5.41, 5.74) is 0.607. The standard InChI is InChI=1S/C23H34N4O2/c1-4-9-25-11-13-26(14-12-25)22-8-7-19(16-24-22)23(29)27-10-5-6-20(17-27)21(28)15-18(2)3/h4,7-8,16,18,20H,1,5-6,9-15,17H2,2-3H3/t20-/m1/s1. The number of piperazine rings is 1. The molecular formula is C23H34N4O2. The molecule has 6 heteroatoms. The average Bonchev–Trinajstić information content (AvgIpc) is 2.74. The number of carbonyl (C=O) groups excluding carboxylic acids is 2. The minimum Gasteiger partial charge on any atom is -0.354 e. The number of aromatic nitrogens is 1. The lowest BCUT2D eigenvalue weighted by atomic mass is 9.89. The third-order valence-corrected chi connectivity index (χ3v) is 5.85. The highest BCUT2D eigenvalue weighted by atomic mass is 16.2. The Balaban J connectivity index is 1.57. The molecule has 6 nitrogen and oxygen atoms in total.